The lowest BCUT2D eigenvalue weighted by Crippen LogP contribution is -2.21. The molecule has 0 saturated heterocycles. The van der Waals surface area contributed by atoms with Gasteiger partial charge >= 0.3 is 0 Å². The first-order chi connectivity index (χ1) is 17.1. The Kier molecular flexibility index (Phi) is 4.77. The van der Waals surface area contributed by atoms with E-state index in [2.05, 4.69) is 15.5 Å². The molecule has 8 nitrogen and oxygen atoms in total. The summed E-state index contributed by atoms with van der Waals surface area (Å²) in [7, 11) is 0. The minimum Gasteiger partial charge on any atom is -0.489 e. The van der Waals surface area contributed by atoms with Crippen LogP contribution in [0.2, 0.25) is 0 Å². The number of ether oxygens (including phenoxy) is 1. The van der Waals surface area contributed by atoms with Gasteiger partial charge in [0.2, 0.25) is 0 Å². The number of amides is 1. The predicted molar refractivity (Wildman–Crippen MR) is 127 cm³/mol. The van der Waals surface area contributed by atoms with Crippen molar-refractivity contribution in [2.24, 2.45) is 0 Å². The van der Waals surface area contributed by atoms with Crippen molar-refractivity contribution in [3.63, 3.8) is 0 Å². The molecular formula is C27H17N3O5. The number of H-pyrrole nitrogens is 1. The van der Waals surface area contributed by atoms with Gasteiger partial charge in [0.15, 0.2) is 23.1 Å². The predicted octanol–water partition coefficient (Wildman–Crippen LogP) is 4.76. The highest BCUT2D eigenvalue weighted by Crippen LogP contribution is 2.29. The monoisotopic (exact) mass is 463 g/mol. The van der Waals surface area contributed by atoms with Gasteiger partial charge < -0.3 is 14.5 Å². The van der Waals surface area contributed by atoms with E-state index in [1.54, 1.807) is 72.8 Å². The van der Waals surface area contributed by atoms with E-state index in [-0.39, 0.29) is 23.9 Å². The Labute approximate surface area is 198 Å². The first-order valence-electron chi connectivity index (χ1n) is 10.9. The average Bonchev–Trinajstić information content (AvgIpc) is 3.57. The molecule has 0 radical (unpaired) electrons. The highest BCUT2D eigenvalue weighted by molar-refractivity contribution is 6.28. The van der Waals surface area contributed by atoms with Crippen LogP contribution in [0.5, 0.6) is 5.75 Å². The van der Waals surface area contributed by atoms with Gasteiger partial charge in [0, 0.05) is 27.6 Å². The Hall–Kier alpha value is -4.98. The summed E-state index contributed by atoms with van der Waals surface area (Å²) in [6, 6.07) is 20.5. The van der Waals surface area contributed by atoms with Gasteiger partial charge in [-0.05, 0) is 48.0 Å². The van der Waals surface area contributed by atoms with Gasteiger partial charge in [-0.3, -0.25) is 19.5 Å². The third-order valence-electron chi connectivity index (χ3n) is 5.91. The van der Waals surface area contributed by atoms with Gasteiger partial charge in [0.1, 0.15) is 12.4 Å². The summed E-state index contributed by atoms with van der Waals surface area (Å²) in [6.07, 6.45) is 1.42. The number of carbonyl (C=O) groups is 3. The minimum absolute atomic E-state index is 0.155. The topological polar surface area (TPSA) is 114 Å². The summed E-state index contributed by atoms with van der Waals surface area (Å²) in [5, 5.41) is 10.4. The molecule has 3 aromatic carbocycles. The molecule has 0 atom stereocenters. The largest absolute Gasteiger partial charge is 0.489 e. The molecule has 2 heterocycles. The number of benzene rings is 3. The average molecular weight is 463 g/mol. The Morgan fingerprint density at radius 3 is 2.43 bits per heavy atom. The third kappa shape index (κ3) is 3.57. The lowest BCUT2D eigenvalue weighted by Gasteiger charge is -2.18. The van der Waals surface area contributed by atoms with Crippen LogP contribution in [0.4, 0.5) is 5.82 Å². The molecule has 170 valence electrons. The Morgan fingerprint density at radius 2 is 1.66 bits per heavy atom. The molecule has 0 bridgehead atoms. The first kappa shape index (κ1) is 20.6. The van der Waals surface area contributed by atoms with E-state index in [1.807, 2.05) is 0 Å². The van der Waals surface area contributed by atoms with Gasteiger partial charge in [-0.25, -0.2) is 0 Å². The van der Waals surface area contributed by atoms with Crippen molar-refractivity contribution in [2.45, 2.75) is 6.61 Å². The first-order valence-corrected chi connectivity index (χ1v) is 10.9. The maximum atomic E-state index is 13.0. The van der Waals surface area contributed by atoms with Gasteiger partial charge in [0.25, 0.3) is 5.91 Å². The molecule has 2 aromatic heterocycles. The lowest BCUT2D eigenvalue weighted by atomic mass is 9.83. The zero-order chi connectivity index (χ0) is 23.9. The fourth-order valence-corrected chi connectivity index (χ4v) is 4.16. The third-order valence-corrected chi connectivity index (χ3v) is 5.91. The number of ketones is 2. The summed E-state index contributed by atoms with van der Waals surface area (Å²) in [5.41, 5.74) is 3.10. The summed E-state index contributed by atoms with van der Waals surface area (Å²) in [6.45, 7) is 0.188. The molecule has 1 amide bonds. The molecule has 0 aliphatic heterocycles. The summed E-state index contributed by atoms with van der Waals surface area (Å²) >= 11 is 0. The van der Waals surface area contributed by atoms with E-state index in [9.17, 15) is 14.4 Å². The lowest BCUT2D eigenvalue weighted by molar-refractivity contribution is 0.0979. The normalized spacial score (nSPS) is 12.3. The van der Waals surface area contributed by atoms with Crippen molar-refractivity contribution in [1.29, 1.82) is 0 Å². The number of hydrogen-bond donors (Lipinski definition) is 2. The van der Waals surface area contributed by atoms with Crippen molar-refractivity contribution >= 4 is 34.2 Å². The van der Waals surface area contributed by atoms with Crippen molar-refractivity contribution in [1.82, 2.24) is 10.2 Å². The molecular weight excluding hydrogens is 446 g/mol. The van der Waals surface area contributed by atoms with Gasteiger partial charge in [-0.15, -0.1) is 0 Å². The number of furan rings is 1. The molecule has 0 fully saturated rings. The number of nitrogens with one attached hydrogen (secondary N) is 2. The van der Waals surface area contributed by atoms with Crippen LogP contribution in [-0.4, -0.2) is 27.7 Å². The zero-order valence-electron chi connectivity index (χ0n) is 18.2. The van der Waals surface area contributed by atoms with Crippen LogP contribution in [0.3, 0.4) is 0 Å². The van der Waals surface area contributed by atoms with Crippen LogP contribution in [0.15, 0.2) is 83.5 Å². The van der Waals surface area contributed by atoms with E-state index in [0.29, 0.717) is 39.2 Å². The zero-order valence-corrected chi connectivity index (χ0v) is 18.2. The maximum absolute atomic E-state index is 13.0. The SMILES string of the molecule is O=C(Nc1n[nH]c2ccc(OCc3ccc4c(c3)C(=O)c3ccccc3C4=O)cc12)c1ccco1. The standard InChI is InChI=1S/C27H17N3O5/c31-24-17-4-1-2-5-18(17)25(32)20-12-15(7-9-19(20)24)14-35-16-8-10-22-21(13-16)26(30-29-22)28-27(33)23-6-3-11-34-23/h1-13H,14H2,(H2,28,29,30,33). The molecule has 0 unspecified atom stereocenters. The van der Waals surface area contributed by atoms with Crippen LogP contribution in [0.25, 0.3) is 10.9 Å². The van der Waals surface area contributed by atoms with Crippen LogP contribution < -0.4 is 10.1 Å². The number of anilines is 1. The number of aromatic amines is 1. The quantitative estimate of drug-likeness (QED) is 0.381. The van der Waals surface area contributed by atoms with Gasteiger partial charge in [-0.2, -0.15) is 5.10 Å². The molecule has 6 rings (SSSR count). The van der Waals surface area contributed by atoms with Crippen molar-refractivity contribution < 1.29 is 23.5 Å². The van der Waals surface area contributed by atoms with E-state index >= 15 is 0 Å². The van der Waals surface area contributed by atoms with E-state index in [4.69, 9.17) is 9.15 Å². The fourth-order valence-electron chi connectivity index (χ4n) is 4.16. The van der Waals surface area contributed by atoms with Crippen LogP contribution in [0, 0.1) is 0 Å². The number of fused-ring (bicyclic) bond motifs is 3. The number of aromatic nitrogens is 2. The molecule has 2 N–H and O–H groups in total. The van der Waals surface area contributed by atoms with E-state index < -0.39 is 5.91 Å². The second-order valence-corrected chi connectivity index (χ2v) is 8.08. The highest BCUT2D eigenvalue weighted by atomic mass is 16.5. The smallest absolute Gasteiger partial charge is 0.292 e. The molecule has 1 aliphatic carbocycles. The Balaban J connectivity index is 1.22. The van der Waals surface area contributed by atoms with E-state index in [0.717, 1.165) is 11.1 Å². The summed E-state index contributed by atoms with van der Waals surface area (Å²) < 4.78 is 11.1. The molecule has 0 spiro atoms. The highest BCUT2D eigenvalue weighted by Gasteiger charge is 2.29. The van der Waals surface area contributed by atoms with E-state index in [1.165, 1.54) is 6.26 Å². The maximum Gasteiger partial charge on any atom is 0.292 e. The van der Waals surface area contributed by atoms with Crippen LogP contribution in [0.1, 0.15) is 48.0 Å². The van der Waals surface area contributed by atoms with Gasteiger partial charge in [0.05, 0.1) is 11.8 Å². The fraction of sp³-hybridized carbons (Fsp3) is 0.0370. The second-order valence-electron chi connectivity index (χ2n) is 8.08. The van der Waals surface area contributed by atoms with Crippen molar-refractivity contribution in [3.05, 3.63) is 113 Å². The number of hydrogen-bond acceptors (Lipinski definition) is 6. The van der Waals surface area contributed by atoms with Crippen molar-refractivity contribution in [2.75, 3.05) is 5.32 Å². The van der Waals surface area contributed by atoms with Gasteiger partial charge in [-0.1, -0.05) is 30.3 Å². The second kappa shape index (κ2) is 8.11. The molecule has 0 saturated carbocycles. The molecule has 8 heteroatoms. The van der Waals surface area contributed by atoms with Crippen LogP contribution >= 0.6 is 0 Å². The Morgan fingerprint density at radius 1 is 0.886 bits per heavy atom. The van der Waals surface area contributed by atoms with Crippen molar-refractivity contribution in [3.8, 4) is 5.75 Å². The number of carbonyl (C=O) groups excluding carboxylic acids is 3. The Bertz CT molecular complexity index is 1630. The summed E-state index contributed by atoms with van der Waals surface area (Å²) in [5.74, 6) is 0.341. The minimum atomic E-state index is -0.412. The number of nitrogens with zero attached hydrogens (tertiary/aromatic N) is 1. The summed E-state index contributed by atoms with van der Waals surface area (Å²) in [4.78, 5) is 38.1. The molecule has 35 heavy (non-hydrogen) atoms. The molecule has 1 aliphatic rings. The molecule has 5 aromatic rings. The van der Waals surface area contributed by atoms with Crippen LogP contribution in [-0.2, 0) is 6.61 Å². The number of rotatable bonds is 5.